The van der Waals surface area contributed by atoms with Crippen molar-refractivity contribution in [1.82, 2.24) is 4.98 Å². The minimum atomic E-state index is -0.171. The Morgan fingerprint density at radius 2 is 1.68 bits per heavy atom. The summed E-state index contributed by atoms with van der Waals surface area (Å²) < 4.78 is 17.0. The van der Waals surface area contributed by atoms with Gasteiger partial charge in [0.2, 0.25) is 0 Å². The number of benzene rings is 3. The van der Waals surface area contributed by atoms with Gasteiger partial charge in [0.05, 0.1) is 38.1 Å². The fraction of sp³-hybridized carbons (Fsp3) is 0.167. The molecule has 0 fully saturated rings. The Morgan fingerprint density at radius 1 is 0.903 bits per heavy atom. The van der Waals surface area contributed by atoms with Gasteiger partial charge in [0.15, 0.2) is 16.6 Å². The number of thiazole rings is 1. The number of aromatic nitrogens is 1. The van der Waals surface area contributed by atoms with Gasteiger partial charge in [-0.25, -0.2) is 4.98 Å². The standard InChI is InChI=1S/C24H22N2O4S/c1-28-18-10-11-19-22(14-18)31-24(25-19)26(15-16-7-5-4-6-8-16)23(27)17-9-12-20(29-2)21(13-17)30-3/h4-14H,15H2,1-3H3. The molecule has 6 nitrogen and oxygen atoms in total. The van der Waals surface area contributed by atoms with Crippen LogP contribution in [-0.4, -0.2) is 32.2 Å². The maximum Gasteiger partial charge on any atom is 0.260 e. The lowest BCUT2D eigenvalue weighted by atomic mass is 10.1. The Hall–Kier alpha value is -3.58. The van der Waals surface area contributed by atoms with E-state index in [9.17, 15) is 4.79 Å². The van der Waals surface area contributed by atoms with Crippen LogP contribution in [0.2, 0.25) is 0 Å². The van der Waals surface area contributed by atoms with Crippen molar-refractivity contribution >= 4 is 32.6 Å². The number of rotatable bonds is 7. The third kappa shape index (κ3) is 4.32. The molecule has 0 saturated carbocycles. The maximum absolute atomic E-state index is 13.6. The zero-order valence-electron chi connectivity index (χ0n) is 17.5. The van der Waals surface area contributed by atoms with Crippen LogP contribution in [0.5, 0.6) is 17.2 Å². The summed E-state index contributed by atoms with van der Waals surface area (Å²) >= 11 is 1.45. The number of nitrogens with zero attached hydrogens (tertiary/aromatic N) is 2. The molecule has 7 heteroatoms. The van der Waals surface area contributed by atoms with E-state index >= 15 is 0 Å². The van der Waals surface area contributed by atoms with Gasteiger partial charge in [0.25, 0.3) is 5.91 Å². The minimum absolute atomic E-state index is 0.171. The van der Waals surface area contributed by atoms with Gasteiger partial charge in [-0.2, -0.15) is 0 Å². The smallest absolute Gasteiger partial charge is 0.260 e. The van der Waals surface area contributed by atoms with E-state index < -0.39 is 0 Å². The van der Waals surface area contributed by atoms with E-state index in [0.717, 1.165) is 21.5 Å². The van der Waals surface area contributed by atoms with Crippen LogP contribution in [0.3, 0.4) is 0 Å². The zero-order valence-corrected chi connectivity index (χ0v) is 18.3. The second-order valence-electron chi connectivity index (χ2n) is 6.78. The van der Waals surface area contributed by atoms with Crippen LogP contribution in [0.4, 0.5) is 5.13 Å². The fourth-order valence-corrected chi connectivity index (χ4v) is 4.24. The van der Waals surface area contributed by atoms with Gasteiger partial charge in [-0.1, -0.05) is 41.7 Å². The zero-order chi connectivity index (χ0) is 21.8. The molecule has 31 heavy (non-hydrogen) atoms. The Bertz CT molecular complexity index is 1210. The molecule has 3 aromatic carbocycles. The van der Waals surface area contributed by atoms with Crippen LogP contribution in [0, 0.1) is 0 Å². The SMILES string of the molecule is COc1ccc2nc(N(Cc3ccccc3)C(=O)c3ccc(OC)c(OC)c3)sc2c1. The van der Waals surface area contributed by atoms with Crippen LogP contribution in [0.15, 0.2) is 66.7 Å². The predicted octanol–water partition coefficient (Wildman–Crippen LogP) is 5.17. The monoisotopic (exact) mass is 434 g/mol. The van der Waals surface area contributed by atoms with E-state index in [1.54, 1.807) is 44.4 Å². The summed E-state index contributed by atoms with van der Waals surface area (Å²) in [5, 5.41) is 0.617. The Balaban J connectivity index is 1.76. The van der Waals surface area contributed by atoms with Crippen LogP contribution >= 0.6 is 11.3 Å². The number of fused-ring (bicyclic) bond motifs is 1. The maximum atomic E-state index is 13.6. The van der Waals surface area contributed by atoms with Crippen molar-refractivity contribution in [2.75, 3.05) is 26.2 Å². The van der Waals surface area contributed by atoms with Crippen LogP contribution in [0.1, 0.15) is 15.9 Å². The quantitative estimate of drug-likeness (QED) is 0.402. The molecule has 158 valence electrons. The number of methoxy groups -OCH3 is 3. The molecule has 1 aromatic heterocycles. The summed E-state index contributed by atoms with van der Waals surface area (Å²) in [6.07, 6.45) is 0. The summed E-state index contributed by atoms with van der Waals surface area (Å²) in [6.45, 7) is 0.394. The molecule has 4 aromatic rings. The number of carbonyl (C=O) groups is 1. The average Bonchev–Trinajstić information content (AvgIpc) is 3.25. The van der Waals surface area contributed by atoms with E-state index in [4.69, 9.17) is 19.2 Å². The number of anilines is 1. The number of hydrogen-bond donors (Lipinski definition) is 0. The van der Waals surface area contributed by atoms with E-state index in [0.29, 0.717) is 28.7 Å². The van der Waals surface area contributed by atoms with Crippen molar-refractivity contribution in [3.63, 3.8) is 0 Å². The summed E-state index contributed by atoms with van der Waals surface area (Å²) in [4.78, 5) is 20.0. The highest BCUT2D eigenvalue weighted by atomic mass is 32.1. The third-order valence-electron chi connectivity index (χ3n) is 4.87. The molecular weight excluding hydrogens is 412 g/mol. The molecule has 0 N–H and O–H groups in total. The first-order valence-corrected chi connectivity index (χ1v) is 10.5. The van der Waals surface area contributed by atoms with Crippen molar-refractivity contribution in [1.29, 1.82) is 0 Å². The molecule has 0 aliphatic rings. The van der Waals surface area contributed by atoms with Crippen LogP contribution in [0.25, 0.3) is 10.2 Å². The van der Waals surface area contributed by atoms with Gasteiger partial charge < -0.3 is 14.2 Å². The summed E-state index contributed by atoms with van der Waals surface area (Å²) in [5.74, 6) is 1.65. The molecule has 1 amide bonds. The first-order valence-electron chi connectivity index (χ1n) is 9.65. The van der Waals surface area contributed by atoms with Gasteiger partial charge in [0, 0.05) is 5.56 Å². The summed E-state index contributed by atoms with van der Waals surface area (Å²) in [7, 11) is 4.75. The first-order chi connectivity index (χ1) is 15.1. The lowest BCUT2D eigenvalue weighted by Crippen LogP contribution is -2.30. The van der Waals surface area contributed by atoms with Crippen molar-refractivity contribution in [2.45, 2.75) is 6.54 Å². The summed E-state index contributed by atoms with van der Waals surface area (Å²) in [6, 6.07) is 20.7. The molecule has 4 rings (SSSR count). The Morgan fingerprint density at radius 3 is 2.39 bits per heavy atom. The van der Waals surface area contributed by atoms with Crippen LogP contribution < -0.4 is 19.1 Å². The second-order valence-corrected chi connectivity index (χ2v) is 7.79. The highest BCUT2D eigenvalue weighted by molar-refractivity contribution is 7.22. The van der Waals surface area contributed by atoms with Crippen LogP contribution in [-0.2, 0) is 6.54 Å². The molecule has 0 atom stereocenters. The molecule has 1 heterocycles. The van der Waals surface area contributed by atoms with E-state index in [-0.39, 0.29) is 5.91 Å². The van der Waals surface area contributed by atoms with Gasteiger partial charge >= 0.3 is 0 Å². The van der Waals surface area contributed by atoms with E-state index in [2.05, 4.69) is 0 Å². The molecule has 0 aliphatic heterocycles. The highest BCUT2D eigenvalue weighted by Gasteiger charge is 2.23. The van der Waals surface area contributed by atoms with E-state index in [1.165, 1.54) is 11.3 Å². The molecule has 0 radical (unpaired) electrons. The lowest BCUT2D eigenvalue weighted by molar-refractivity contribution is 0.0984. The van der Waals surface area contributed by atoms with Crippen molar-refractivity contribution in [3.05, 3.63) is 77.9 Å². The molecule has 0 bridgehead atoms. The van der Waals surface area contributed by atoms with Crippen molar-refractivity contribution in [3.8, 4) is 17.2 Å². The van der Waals surface area contributed by atoms with Crippen molar-refractivity contribution in [2.24, 2.45) is 0 Å². The third-order valence-corrected chi connectivity index (χ3v) is 5.92. The van der Waals surface area contributed by atoms with Gasteiger partial charge in [-0.3, -0.25) is 9.69 Å². The first kappa shape index (κ1) is 20.7. The minimum Gasteiger partial charge on any atom is -0.497 e. The number of carbonyl (C=O) groups excluding carboxylic acids is 1. The predicted molar refractivity (Wildman–Crippen MR) is 123 cm³/mol. The van der Waals surface area contributed by atoms with E-state index in [1.807, 2.05) is 48.5 Å². The largest absolute Gasteiger partial charge is 0.497 e. The van der Waals surface area contributed by atoms with Crippen molar-refractivity contribution < 1.29 is 19.0 Å². The number of amides is 1. The van der Waals surface area contributed by atoms with Gasteiger partial charge in [-0.05, 0) is 42.0 Å². The normalized spacial score (nSPS) is 10.7. The highest BCUT2D eigenvalue weighted by Crippen LogP contribution is 2.34. The molecule has 0 unspecified atom stereocenters. The summed E-state index contributed by atoms with van der Waals surface area (Å²) in [5.41, 5.74) is 2.32. The Kier molecular flexibility index (Phi) is 6.04. The Labute approximate surface area is 184 Å². The molecule has 0 aliphatic carbocycles. The molecule has 0 spiro atoms. The topological polar surface area (TPSA) is 60.9 Å². The second kappa shape index (κ2) is 9.06. The fourth-order valence-electron chi connectivity index (χ4n) is 3.25. The number of ether oxygens (including phenoxy) is 3. The lowest BCUT2D eigenvalue weighted by Gasteiger charge is -2.21. The molecule has 0 saturated heterocycles. The van der Waals surface area contributed by atoms with Gasteiger partial charge in [0.1, 0.15) is 5.75 Å². The molecular formula is C24H22N2O4S. The number of hydrogen-bond acceptors (Lipinski definition) is 6. The van der Waals surface area contributed by atoms with Gasteiger partial charge in [-0.15, -0.1) is 0 Å². The average molecular weight is 435 g/mol.